The molecule has 1 aromatic heterocycles. The van der Waals surface area contributed by atoms with E-state index in [4.69, 9.17) is 11.0 Å². The number of carbonyl (C=O) groups excluding carboxylic acids is 1. The smallest absolute Gasteiger partial charge is 0.229 e. The second-order valence-corrected chi connectivity index (χ2v) is 7.24. The second-order valence-electron chi connectivity index (χ2n) is 7.24. The number of nitrogens with one attached hydrogen (secondary N) is 2. The lowest BCUT2D eigenvalue weighted by Crippen LogP contribution is -2.35. The van der Waals surface area contributed by atoms with Crippen LogP contribution in [0.25, 0.3) is 10.9 Å². The molecule has 10 heteroatoms. The van der Waals surface area contributed by atoms with Crippen molar-refractivity contribution in [2.45, 2.75) is 19.4 Å². The van der Waals surface area contributed by atoms with Crippen LogP contribution in [-0.2, 0) is 4.79 Å². The fourth-order valence-corrected chi connectivity index (χ4v) is 3.66. The third kappa shape index (κ3) is 4.92. The molecule has 4 N–H and O–H groups in total. The van der Waals surface area contributed by atoms with Gasteiger partial charge in [0, 0.05) is 48.9 Å². The Bertz CT molecular complexity index is 1180. The van der Waals surface area contributed by atoms with Crippen molar-refractivity contribution < 1.29 is 9.18 Å². The SMILES string of the molecule is CC(=O)N[C@H]1CCN(c2nc(Nc3cc(N)cc(C#N)c3)nc3cc(F)ccc23)C1.Cl. The van der Waals surface area contributed by atoms with Gasteiger partial charge in [-0.25, -0.2) is 9.37 Å². The standard InChI is InChI=1S/C21H20FN7O.ClH/c1-12(30)25-16-4-5-29(11-16)20-18-3-2-14(22)8-19(18)27-21(28-20)26-17-7-13(10-23)6-15(24)9-17;/h2-3,6-9,16H,4-5,11,24H2,1H3,(H,25,30)(H,26,27,28);1H/t16-;/m0./s1. The molecule has 160 valence electrons. The highest BCUT2D eigenvalue weighted by atomic mass is 35.5. The Morgan fingerprint density at radius 1 is 1.29 bits per heavy atom. The van der Waals surface area contributed by atoms with E-state index in [1.54, 1.807) is 24.3 Å². The predicted molar refractivity (Wildman–Crippen MR) is 120 cm³/mol. The number of fused-ring (bicyclic) bond motifs is 1. The minimum Gasteiger partial charge on any atom is -0.399 e. The predicted octanol–water partition coefficient (Wildman–Crippen LogP) is 3.10. The number of rotatable bonds is 4. The van der Waals surface area contributed by atoms with Gasteiger partial charge in [0.25, 0.3) is 0 Å². The largest absolute Gasteiger partial charge is 0.399 e. The van der Waals surface area contributed by atoms with E-state index in [0.717, 1.165) is 11.8 Å². The summed E-state index contributed by atoms with van der Waals surface area (Å²) < 4.78 is 13.9. The lowest BCUT2D eigenvalue weighted by atomic mass is 10.2. The molecule has 1 fully saturated rings. The fraction of sp³-hybridized carbons (Fsp3) is 0.238. The number of hydrogen-bond donors (Lipinski definition) is 3. The molecule has 2 heterocycles. The maximum atomic E-state index is 13.9. The number of nitrogen functional groups attached to an aromatic ring is 1. The summed E-state index contributed by atoms with van der Waals surface area (Å²) in [6.07, 6.45) is 0.787. The van der Waals surface area contributed by atoms with Gasteiger partial charge in [0.05, 0.1) is 17.1 Å². The zero-order valence-corrected chi connectivity index (χ0v) is 17.5. The van der Waals surface area contributed by atoms with Crippen LogP contribution in [0.3, 0.4) is 0 Å². The van der Waals surface area contributed by atoms with Crippen LogP contribution in [0.2, 0.25) is 0 Å². The Kier molecular flexibility index (Phi) is 6.42. The summed E-state index contributed by atoms with van der Waals surface area (Å²) in [5, 5.41) is 15.9. The van der Waals surface area contributed by atoms with E-state index in [2.05, 4.69) is 26.7 Å². The Morgan fingerprint density at radius 3 is 2.84 bits per heavy atom. The minimum absolute atomic E-state index is 0. The van der Waals surface area contributed by atoms with Crippen LogP contribution in [0.4, 0.5) is 27.5 Å². The molecule has 0 bridgehead atoms. The monoisotopic (exact) mass is 441 g/mol. The average Bonchev–Trinajstić information content (AvgIpc) is 3.14. The molecule has 1 atom stereocenters. The highest BCUT2D eigenvalue weighted by Gasteiger charge is 2.26. The van der Waals surface area contributed by atoms with Crippen LogP contribution in [0.5, 0.6) is 0 Å². The van der Waals surface area contributed by atoms with Gasteiger partial charge in [0.15, 0.2) is 0 Å². The minimum atomic E-state index is -0.397. The van der Waals surface area contributed by atoms with Crippen molar-refractivity contribution in [3.63, 3.8) is 0 Å². The molecule has 0 saturated carbocycles. The molecule has 0 aliphatic carbocycles. The van der Waals surface area contributed by atoms with Crippen molar-refractivity contribution in [3.8, 4) is 6.07 Å². The van der Waals surface area contributed by atoms with Crippen molar-refractivity contribution in [3.05, 3.63) is 47.8 Å². The fourth-order valence-electron chi connectivity index (χ4n) is 3.66. The maximum absolute atomic E-state index is 13.9. The number of nitrogens with zero attached hydrogens (tertiary/aromatic N) is 4. The Labute approximate surface area is 184 Å². The number of hydrogen-bond acceptors (Lipinski definition) is 7. The van der Waals surface area contributed by atoms with Crippen LogP contribution >= 0.6 is 12.4 Å². The number of anilines is 4. The molecule has 1 aliphatic heterocycles. The van der Waals surface area contributed by atoms with Gasteiger partial charge >= 0.3 is 0 Å². The molecular weight excluding hydrogens is 421 g/mol. The van der Waals surface area contributed by atoms with Crippen molar-refractivity contribution in [2.24, 2.45) is 0 Å². The van der Waals surface area contributed by atoms with Crippen molar-refractivity contribution in [1.29, 1.82) is 5.26 Å². The third-order valence-corrected chi connectivity index (χ3v) is 4.87. The Balaban J connectivity index is 0.00000272. The van der Waals surface area contributed by atoms with Gasteiger partial charge in [-0.2, -0.15) is 10.2 Å². The molecular formula is C21H21ClFN7O. The summed E-state index contributed by atoms with van der Waals surface area (Å²) in [5.74, 6) is 0.445. The van der Waals surface area contributed by atoms with E-state index in [0.29, 0.717) is 41.4 Å². The molecule has 1 saturated heterocycles. The first-order valence-corrected chi connectivity index (χ1v) is 9.48. The third-order valence-electron chi connectivity index (χ3n) is 4.87. The van der Waals surface area contributed by atoms with Crippen molar-refractivity contribution >= 4 is 52.4 Å². The normalized spacial score (nSPS) is 15.3. The van der Waals surface area contributed by atoms with Gasteiger partial charge in [-0.3, -0.25) is 4.79 Å². The number of benzene rings is 2. The first-order valence-electron chi connectivity index (χ1n) is 9.48. The Morgan fingerprint density at radius 2 is 2.10 bits per heavy atom. The lowest BCUT2D eigenvalue weighted by Gasteiger charge is -2.20. The van der Waals surface area contributed by atoms with Crippen LogP contribution in [0.15, 0.2) is 36.4 Å². The number of carbonyl (C=O) groups is 1. The van der Waals surface area contributed by atoms with Gasteiger partial charge in [-0.05, 0) is 36.8 Å². The molecule has 3 aromatic rings. The number of amides is 1. The lowest BCUT2D eigenvalue weighted by molar-refractivity contribution is -0.119. The van der Waals surface area contributed by atoms with Crippen molar-refractivity contribution in [2.75, 3.05) is 29.0 Å². The molecule has 0 radical (unpaired) electrons. The topological polar surface area (TPSA) is 120 Å². The maximum Gasteiger partial charge on any atom is 0.229 e. The summed E-state index contributed by atoms with van der Waals surface area (Å²) in [6, 6.07) is 11.3. The van der Waals surface area contributed by atoms with Crippen LogP contribution < -0.4 is 21.3 Å². The second kappa shape index (κ2) is 9.02. The molecule has 2 aromatic carbocycles. The van der Waals surface area contributed by atoms with Crippen LogP contribution in [0.1, 0.15) is 18.9 Å². The van der Waals surface area contributed by atoms with Gasteiger partial charge in [-0.15, -0.1) is 12.4 Å². The highest BCUT2D eigenvalue weighted by molar-refractivity contribution is 5.91. The van der Waals surface area contributed by atoms with Gasteiger partial charge < -0.3 is 21.3 Å². The number of nitriles is 1. The van der Waals surface area contributed by atoms with E-state index in [1.807, 2.05) is 4.90 Å². The summed E-state index contributed by atoms with van der Waals surface area (Å²) in [6.45, 7) is 2.79. The first kappa shape index (κ1) is 22.1. The number of nitrogens with two attached hydrogens (primary N) is 1. The Hall–Kier alpha value is -3.64. The van der Waals surface area contributed by atoms with E-state index < -0.39 is 5.82 Å². The first-order chi connectivity index (χ1) is 14.4. The zero-order chi connectivity index (χ0) is 21.3. The molecule has 31 heavy (non-hydrogen) atoms. The molecule has 1 amide bonds. The molecule has 0 unspecified atom stereocenters. The van der Waals surface area contributed by atoms with Crippen LogP contribution in [0, 0.1) is 17.1 Å². The molecule has 8 nitrogen and oxygen atoms in total. The van der Waals surface area contributed by atoms with E-state index in [9.17, 15) is 9.18 Å². The van der Waals surface area contributed by atoms with Gasteiger partial charge in [-0.1, -0.05) is 0 Å². The number of halogens is 2. The molecule has 0 spiro atoms. The van der Waals surface area contributed by atoms with Crippen LogP contribution in [-0.4, -0.2) is 35.0 Å². The summed E-state index contributed by atoms with van der Waals surface area (Å²) in [4.78, 5) is 22.5. The quantitative estimate of drug-likeness (QED) is 0.532. The molecule has 4 rings (SSSR count). The highest BCUT2D eigenvalue weighted by Crippen LogP contribution is 2.30. The summed E-state index contributed by atoms with van der Waals surface area (Å²) in [5.41, 5.74) is 7.71. The van der Waals surface area contributed by atoms with E-state index in [-0.39, 0.29) is 30.3 Å². The summed E-state index contributed by atoms with van der Waals surface area (Å²) >= 11 is 0. The molecule has 1 aliphatic rings. The van der Waals surface area contributed by atoms with Crippen molar-refractivity contribution in [1.82, 2.24) is 15.3 Å². The van der Waals surface area contributed by atoms with Gasteiger partial charge in [0.2, 0.25) is 11.9 Å². The van der Waals surface area contributed by atoms with E-state index >= 15 is 0 Å². The zero-order valence-electron chi connectivity index (χ0n) is 16.7. The number of aromatic nitrogens is 2. The summed E-state index contributed by atoms with van der Waals surface area (Å²) in [7, 11) is 0. The van der Waals surface area contributed by atoms with Gasteiger partial charge in [0.1, 0.15) is 11.6 Å². The van der Waals surface area contributed by atoms with E-state index in [1.165, 1.54) is 19.1 Å². The average molecular weight is 442 g/mol.